The summed E-state index contributed by atoms with van der Waals surface area (Å²) >= 11 is 0. The molecule has 3 unspecified atom stereocenters. The van der Waals surface area contributed by atoms with Crippen LogP contribution in [-0.2, 0) is 4.79 Å². The number of rotatable bonds is 0. The van der Waals surface area contributed by atoms with Crippen molar-refractivity contribution in [3.63, 3.8) is 0 Å². The summed E-state index contributed by atoms with van der Waals surface area (Å²) in [5.41, 5.74) is 2.43. The lowest BCUT2D eigenvalue weighted by atomic mass is 9.49. The van der Waals surface area contributed by atoms with Crippen molar-refractivity contribution in [2.75, 3.05) is 0 Å². The Morgan fingerprint density at radius 2 is 2.14 bits per heavy atom. The Labute approximate surface area is 126 Å². The molecule has 0 heterocycles. The molecule has 0 amide bonds. The van der Waals surface area contributed by atoms with Gasteiger partial charge in [-0.2, -0.15) is 5.26 Å². The fourth-order valence-electron chi connectivity index (χ4n) is 4.56. The molecule has 3 aliphatic rings. The molecular weight excluding hydrogens is 258 g/mol. The maximum Gasteiger partial charge on any atom is 0.176 e. The molecule has 0 aliphatic heterocycles. The minimum atomic E-state index is -0.223. The van der Waals surface area contributed by atoms with Crippen LogP contribution in [-0.4, -0.2) is 5.78 Å². The van der Waals surface area contributed by atoms with Gasteiger partial charge in [0.1, 0.15) is 6.07 Å². The van der Waals surface area contributed by atoms with Crippen LogP contribution in [0.4, 0.5) is 0 Å². The van der Waals surface area contributed by atoms with Gasteiger partial charge >= 0.3 is 0 Å². The molecule has 0 aromatic carbocycles. The minimum Gasteiger partial charge on any atom is -0.293 e. The van der Waals surface area contributed by atoms with Gasteiger partial charge in [0.15, 0.2) is 5.78 Å². The molecule has 1 fully saturated rings. The second-order valence-electron chi connectivity index (χ2n) is 7.13. The van der Waals surface area contributed by atoms with Gasteiger partial charge in [0.25, 0.3) is 0 Å². The molecule has 3 rings (SSSR count). The zero-order valence-electron chi connectivity index (χ0n) is 12.9. The highest BCUT2D eigenvalue weighted by molar-refractivity contribution is 6.02. The number of Topliss-reactive ketones (excluding diaryl/α,β-unsaturated/α-hetero) is 1. The molecule has 0 aromatic rings. The summed E-state index contributed by atoms with van der Waals surface area (Å²) in [7, 11) is 0. The summed E-state index contributed by atoms with van der Waals surface area (Å²) in [6, 6.07) is 2.11. The first-order chi connectivity index (χ1) is 9.82. The molecule has 0 spiro atoms. The Hall–Kier alpha value is -1.88. The average Bonchev–Trinajstić information content (AvgIpc) is 2.45. The van der Waals surface area contributed by atoms with Gasteiger partial charge in [-0.25, -0.2) is 0 Å². The lowest BCUT2D eigenvalue weighted by Gasteiger charge is -2.54. The first-order valence-electron chi connectivity index (χ1n) is 7.60. The molecule has 4 atom stereocenters. The Morgan fingerprint density at radius 3 is 2.81 bits per heavy atom. The van der Waals surface area contributed by atoms with Gasteiger partial charge < -0.3 is 0 Å². The zero-order valence-corrected chi connectivity index (χ0v) is 12.9. The number of hydrogen-bond acceptors (Lipinski definition) is 2. The van der Waals surface area contributed by atoms with Crippen molar-refractivity contribution in [3.8, 4) is 6.07 Å². The number of nitrogens with zero attached hydrogens (tertiary/aromatic N) is 1. The van der Waals surface area contributed by atoms with E-state index in [9.17, 15) is 10.1 Å². The first-order valence-corrected chi connectivity index (χ1v) is 7.60. The van der Waals surface area contributed by atoms with Gasteiger partial charge in [-0.05, 0) is 29.9 Å². The number of hydrogen-bond donors (Lipinski definition) is 0. The summed E-state index contributed by atoms with van der Waals surface area (Å²) in [6.45, 7) is 10.5. The van der Waals surface area contributed by atoms with Crippen molar-refractivity contribution in [2.45, 2.75) is 33.6 Å². The summed E-state index contributed by atoms with van der Waals surface area (Å²) in [5.74, 6) is 0.203. The van der Waals surface area contributed by atoms with Crippen molar-refractivity contribution in [1.29, 1.82) is 5.26 Å². The highest BCUT2D eigenvalue weighted by atomic mass is 16.1. The van der Waals surface area contributed by atoms with E-state index in [1.807, 2.05) is 13.0 Å². The molecule has 3 aliphatic carbocycles. The lowest BCUT2D eigenvalue weighted by Crippen LogP contribution is -2.48. The maximum absolute atomic E-state index is 12.3. The van der Waals surface area contributed by atoms with Crippen LogP contribution >= 0.6 is 0 Å². The summed E-state index contributed by atoms with van der Waals surface area (Å²) in [6.07, 6.45) is 10.5. The Bertz CT molecular complexity index is 672. The molecule has 2 heteroatoms. The second-order valence-corrected chi connectivity index (χ2v) is 7.13. The first kappa shape index (κ1) is 14.1. The van der Waals surface area contributed by atoms with E-state index >= 15 is 0 Å². The highest BCUT2D eigenvalue weighted by Crippen LogP contribution is 2.60. The van der Waals surface area contributed by atoms with Crippen LogP contribution in [0.15, 0.2) is 47.6 Å². The molecule has 2 nitrogen and oxygen atoms in total. The third-order valence-electron chi connectivity index (χ3n) is 5.78. The number of ketones is 1. The van der Waals surface area contributed by atoms with E-state index in [0.29, 0.717) is 5.57 Å². The van der Waals surface area contributed by atoms with Gasteiger partial charge in [0, 0.05) is 16.7 Å². The van der Waals surface area contributed by atoms with Crippen LogP contribution in [0.1, 0.15) is 33.6 Å². The Balaban J connectivity index is 2.21. The van der Waals surface area contributed by atoms with Gasteiger partial charge in [-0.15, -0.1) is 0 Å². The predicted octanol–water partition coefficient (Wildman–Crippen LogP) is 4.13. The third-order valence-corrected chi connectivity index (χ3v) is 5.78. The molecule has 108 valence electrons. The van der Waals surface area contributed by atoms with Gasteiger partial charge in [0.05, 0.1) is 5.57 Å². The fourth-order valence-corrected chi connectivity index (χ4v) is 4.56. The van der Waals surface area contributed by atoms with E-state index in [1.165, 1.54) is 5.57 Å². The largest absolute Gasteiger partial charge is 0.293 e. The highest BCUT2D eigenvalue weighted by Gasteiger charge is 2.53. The molecular formula is C19H21NO. The normalized spacial score (nSPS) is 41.6. The van der Waals surface area contributed by atoms with Crippen LogP contribution in [0.5, 0.6) is 0 Å². The summed E-state index contributed by atoms with van der Waals surface area (Å²) < 4.78 is 0. The van der Waals surface area contributed by atoms with Crippen LogP contribution in [0.25, 0.3) is 0 Å². The van der Waals surface area contributed by atoms with Crippen molar-refractivity contribution in [2.24, 2.45) is 22.7 Å². The number of nitriles is 1. The van der Waals surface area contributed by atoms with Crippen molar-refractivity contribution >= 4 is 5.78 Å². The van der Waals surface area contributed by atoms with E-state index in [1.54, 1.807) is 0 Å². The van der Waals surface area contributed by atoms with E-state index in [0.717, 1.165) is 18.4 Å². The van der Waals surface area contributed by atoms with E-state index in [4.69, 9.17) is 0 Å². The van der Waals surface area contributed by atoms with Gasteiger partial charge in [-0.3, -0.25) is 4.79 Å². The fraction of sp³-hybridized carbons (Fsp3) is 0.474. The molecule has 0 saturated heterocycles. The average molecular weight is 279 g/mol. The maximum atomic E-state index is 12.3. The molecule has 1 saturated carbocycles. The minimum absolute atomic E-state index is 0.00866. The Morgan fingerprint density at radius 1 is 1.43 bits per heavy atom. The summed E-state index contributed by atoms with van der Waals surface area (Å²) in [5, 5.41) is 9.31. The number of allylic oxidation sites excluding steroid dienone is 7. The lowest BCUT2D eigenvalue weighted by molar-refractivity contribution is -0.122. The monoisotopic (exact) mass is 279 g/mol. The second kappa shape index (κ2) is 4.31. The SMILES string of the molecule is C=C1C=CC2(C)CCC3[C@@H](C)C(=O)C(C#N)=CC3(C)C2=C1. The van der Waals surface area contributed by atoms with E-state index in [-0.39, 0.29) is 28.4 Å². The predicted molar refractivity (Wildman–Crippen MR) is 83.2 cm³/mol. The third kappa shape index (κ3) is 1.80. The number of carbonyl (C=O) groups excluding carboxylic acids is 1. The molecule has 0 aromatic heterocycles. The van der Waals surface area contributed by atoms with Gasteiger partial charge in [0.2, 0.25) is 0 Å². The van der Waals surface area contributed by atoms with Crippen LogP contribution in [0, 0.1) is 34.0 Å². The number of fused-ring (bicyclic) bond motifs is 3. The van der Waals surface area contributed by atoms with E-state index in [2.05, 4.69) is 44.7 Å². The topological polar surface area (TPSA) is 40.9 Å². The molecule has 0 bridgehead atoms. The molecule has 21 heavy (non-hydrogen) atoms. The molecule has 0 N–H and O–H groups in total. The smallest absolute Gasteiger partial charge is 0.176 e. The van der Waals surface area contributed by atoms with Crippen molar-refractivity contribution in [3.05, 3.63) is 47.6 Å². The van der Waals surface area contributed by atoms with Crippen LogP contribution in [0.2, 0.25) is 0 Å². The van der Waals surface area contributed by atoms with Crippen LogP contribution < -0.4 is 0 Å². The zero-order chi connectivity index (χ0) is 15.4. The molecule has 0 radical (unpaired) electrons. The van der Waals surface area contributed by atoms with Crippen LogP contribution in [0.3, 0.4) is 0 Å². The van der Waals surface area contributed by atoms with Crippen molar-refractivity contribution in [1.82, 2.24) is 0 Å². The van der Waals surface area contributed by atoms with Crippen molar-refractivity contribution < 1.29 is 4.79 Å². The summed E-state index contributed by atoms with van der Waals surface area (Å²) in [4.78, 5) is 12.3. The quantitative estimate of drug-likeness (QED) is 0.669. The Kier molecular flexibility index (Phi) is 2.89. The standard InChI is InChI=1S/C19H21NO/c1-12-5-7-18(3)8-6-15-13(2)17(21)14(11-20)10-19(15,4)16(18)9-12/h5,7,9-10,13,15H,1,6,8H2,2-4H3/t13-,15?,18?,19?/m1/s1. The number of carbonyl (C=O) groups is 1. The van der Waals surface area contributed by atoms with Gasteiger partial charge in [-0.1, -0.05) is 51.7 Å². The van der Waals surface area contributed by atoms with E-state index < -0.39 is 0 Å².